The van der Waals surface area contributed by atoms with Crippen molar-refractivity contribution in [1.29, 1.82) is 0 Å². The fourth-order valence-electron chi connectivity index (χ4n) is 2.16. The van der Waals surface area contributed by atoms with E-state index in [1.807, 2.05) is 0 Å². The maximum absolute atomic E-state index is 2.42. The van der Waals surface area contributed by atoms with Crippen LogP contribution in [-0.4, -0.2) is 0 Å². The molecule has 1 aromatic rings. The van der Waals surface area contributed by atoms with Gasteiger partial charge in [0.2, 0.25) is 0 Å². The van der Waals surface area contributed by atoms with Gasteiger partial charge in [-0.3, -0.25) is 0 Å². The quantitative estimate of drug-likeness (QED) is 0.607. The molecule has 0 bridgehead atoms. The molecule has 1 unspecified atom stereocenters. The van der Waals surface area contributed by atoms with Gasteiger partial charge in [0, 0.05) is 5.92 Å². The molecule has 0 nitrogen and oxygen atoms in total. The molecule has 2 rings (SSSR count). The SMILES string of the molecule is Cc1ccc(C(C)C2=CCCC2)cc1. The van der Waals surface area contributed by atoms with Gasteiger partial charge in [-0.1, -0.05) is 48.4 Å². The summed E-state index contributed by atoms with van der Waals surface area (Å²) < 4.78 is 0. The molecule has 0 fully saturated rings. The van der Waals surface area contributed by atoms with Crippen molar-refractivity contribution in [2.45, 2.75) is 39.0 Å². The third-order valence-corrected chi connectivity index (χ3v) is 3.21. The van der Waals surface area contributed by atoms with Crippen molar-refractivity contribution in [3.05, 3.63) is 47.0 Å². The highest BCUT2D eigenvalue weighted by molar-refractivity contribution is 5.31. The number of benzene rings is 1. The van der Waals surface area contributed by atoms with Gasteiger partial charge in [0.25, 0.3) is 0 Å². The highest BCUT2D eigenvalue weighted by Gasteiger charge is 2.13. The van der Waals surface area contributed by atoms with Crippen molar-refractivity contribution in [2.75, 3.05) is 0 Å². The molecule has 0 saturated heterocycles. The molecule has 1 aliphatic rings. The first-order valence-electron chi connectivity index (χ1n) is 5.53. The van der Waals surface area contributed by atoms with Crippen LogP contribution in [0.5, 0.6) is 0 Å². The molecule has 0 heterocycles. The molecule has 0 radical (unpaired) electrons. The number of hydrogen-bond donors (Lipinski definition) is 0. The maximum atomic E-state index is 2.42. The summed E-state index contributed by atoms with van der Waals surface area (Å²) in [6.07, 6.45) is 6.36. The summed E-state index contributed by atoms with van der Waals surface area (Å²) in [5, 5.41) is 0. The highest BCUT2D eigenvalue weighted by atomic mass is 14.2. The zero-order chi connectivity index (χ0) is 9.97. The summed E-state index contributed by atoms with van der Waals surface area (Å²) in [7, 11) is 0. The van der Waals surface area contributed by atoms with E-state index >= 15 is 0 Å². The lowest BCUT2D eigenvalue weighted by atomic mass is 9.92. The van der Waals surface area contributed by atoms with E-state index in [1.54, 1.807) is 5.57 Å². The molecule has 14 heavy (non-hydrogen) atoms. The van der Waals surface area contributed by atoms with E-state index in [0.29, 0.717) is 5.92 Å². The van der Waals surface area contributed by atoms with Gasteiger partial charge >= 0.3 is 0 Å². The zero-order valence-corrected chi connectivity index (χ0v) is 9.09. The predicted molar refractivity (Wildman–Crippen MR) is 61.5 cm³/mol. The normalized spacial score (nSPS) is 18.0. The number of aryl methyl sites for hydroxylation is 1. The maximum Gasteiger partial charge on any atom is 0.00198 e. The van der Waals surface area contributed by atoms with Crippen LogP contribution in [0.3, 0.4) is 0 Å². The lowest BCUT2D eigenvalue weighted by Gasteiger charge is -2.13. The Morgan fingerprint density at radius 2 is 1.86 bits per heavy atom. The first-order valence-corrected chi connectivity index (χ1v) is 5.53. The van der Waals surface area contributed by atoms with Crippen molar-refractivity contribution >= 4 is 0 Å². The van der Waals surface area contributed by atoms with Crippen LogP contribution < -0.4 is 0 Å². The summed E-state index contributed by atoms with van der Waals surface area (Å²) in [5.41, 5.74) is 4.44. The van der Waals surface area contributed by atoms with E-state index in [2.05, 4.69) is 44.2 Å². The average molecular weight is 186 g/mol. The molecule has 0 amide bonds. The van der Waals surface area contributed by atoms with Crippen molar-refractivity contribution in [3.63, 3.8) is 0 Å². The smallest absolute Gasteiger partial charge is 0.00198 e. The van der Waals surface area contributed by atoms with Crippen molar-refractivity contribution < 1.29 is 0 Å². The van der Waals surface area contributed by atoms with Gasteiger partial charge in [-0.25, -0.2) is 0 Å². The van der Waals surface area contributed by atoms with Crippen molar-refractivity contribution in [2.24, 2.45) is 0 Å². The highest BCUT2D eigenvalue weighted by Crippen LogP contribution is 2.31. The molecule has 1 aliphatic carbocycles. The molecule has 1 aromatic carbocycles. The van der Waals surface area contributed by atoms with E-state index in [0.717, 1.165) is 0 Å². The topological polar surface area (TPSA) is 0 Å². The van der Waals surface area contributed by atoms with E-state index in [-0.39, 0.29) is 0 Å². The largest absolute Gasteiger partial charge is 0.0847 e. The molecule has 1 atom stereocenters. The summed E-state index contributed by atoms with van der Waals surface area (Å²) in [6, 6.07) is 8.95. The third-order valence-electron chi connectivity index (χ3n) is 3.21. The Kier molecular flexibility index (Phi) is 2.72. The Labute approximate surface area is 86.7 Å². The molecule has 0 spiro atoms. The molecular formula is C14H18. The van der Waals surface area contributed by atoms with Crippen LogP contribution >= 0.6 is 0 Å². The Balaban J connectivity index is 2.18. The second kappa shape index (κ2) is 4.00. The van der Waals surface area contributed by atoms with Gasteiger partial charge in [0.15, 0.2) is 0 Å². The van der Waals surface area contributed by atoms with Crippen molar-refractivity contribution in [1.82, 2.24) is 0 Å². The Hall–Kier alpha value is -1.04. The third kappa shape index (κ3) is 1.89. The molecule has 0 N–H and O–H groups in total. The monoisotopic (exact) mass is 186 g/mol. The van der Waals surface area contributed by atoms with Gasteiger partial charge in [-0.15, -0.1) is 0 Å². The van der Waals surface area contributed by atoms with Crippen LogP contribution in [0.4, 0.5) is 0 Å². The Morgan fingerprint density at radius 3 is 2.43 bits per heavy atom. The Bertz CT molecular complexity index is 330. The molecular weight excluding hydrogens is 168 g/mol. The molecule has 0 aromatic heterocycles. The standard InChI is InChI=1S/C14H18/c1-11-7-9-14(10-8-11)12(2)13-5-3-4-6-13/h5,7-10,12H,3-4,6H2,1-2H3. The van der Waals surface area contributed by atoms with Crippen LogP contribution in [0.25, 0.3) is 0 Å². The minimum Gasteiger partial charge on any atom is -0.0847 e. The van der Waals surface area contributed by atoms with E-state index in [4.69, 9.17) is 0 Å². The van der Waals surface area contributed by atoms with E-state index in [1.165, 1.54) is 30.4 Å². The van der Waals surface area contributed by atoms with Gasteiger partial charge in [0.05, 0.1) is 0 Å². The first kappa shape index (κ1) is 9.51. The molecule has 74 valence electrons. The number of rotatable bonds is 2. The predicted octanol–water partition coefficient (Wildman–Crippen LogP) is 4.21. The summed E-state index contributed by atoms with van der Waals surface area (Å²) in [5.74, 6) is 0.623. The van der Waals surface area contributed by atoms with Crippen LogP contribution in [-0.2, 0) is 0 Å². The molecule has 0 saturated carbocycles. The summed E-state index contributed by atoms with van der Waals surface area (Å²) in [4.78, 5) is 0. The van der Waals surface area contributed by atoms with Gasteiger partial charge < -0.3 is 0 Å². The fraction of sp³-hybridized carbons (Fsp3) is 0.429. The summed E-state index contributed by atoms with van der Waals surface area (Å²) >= 11 is 0. The zero-order valence-electron chi connectivity index (χ0n) is 9.09. The van der Waals surface area contributed by atoms with Gasteiger partial charge in [-0.05, 0) is 31.7 Å². The van der Waals surface area contributed by atoms with E-state index in [9.17, 15) is 0 Å². The fourth-order valence-corrected chi connectivity index (χ4v) is 2.16. The average Bonchev–Trinajstić information content (AvgIpc) is 2.71. The second-order valence-electron chi connectivity index (χ2n) is 4.30. The molecule has 0 aliphatic heterocycles. The van der Waals surface area contributed by atoms with Crippen LogP contribution in [0.1, 0.15) is 43.2 Å². The van der Waals surface area contributed by atoms with E-state index < -0.39 is 0 Å². The number of hydrogen-bond acceptors (Lipinski definition) is 0. The van der Waals surface area contributed by atoms with Crippen LogP contribution in [0.15, 0.2) is 35.9 Å². The van der Waals surface area contributed by atoms with Gasteiger partial charge in [0.1, 0.15) is 0 Å². The minimum atomic E-state index is 0.623. The van der Waals surface area contributed by atoms with Crippen LogP contribution in [0, 0.1) is 6.92 Å². The lowest BCUT2D eigenvalue weighted by molar-refractivity contribution is 0.812. The molecule has 0 heteroatoms. The second-order valence-corrected chi connectivity index (χ2v) is 4.30. The minimum absolute atomic E-state index is 0.623. The summed E-state index contributed by atoms with van der Waals surface area (Å²) in [6.45, 7) is 4.46. The number of allylic oxidation sites excluding steroid dienone is 2. The van der Waals surface area contributed by atoms with Crippen LogP contribution in [0.2, 0.25) is 0 Å². The Morgan fingerprint density at radius 1 is 1.14 bits per heavy atom. The van der Waals surface area contributed by atoms with Crippen molar-refractivity contribution in [3.8, 4) is 0 Å². The lowest BCUT2D eigenvalue weighted by Crippen LogP contribution is -1.95. The van der Waals surface area contributed by atoms with Gasteiger partial charge in [-0.2, -0.15) is 0 Å². The first-order chi connectivity index (χ1) is 6.77.